The van der Waals surface area contributed by atoms with Gasteiger partial charge in [-0.15, -0.1) is 0 Å². The number of rotatable bonds is 3. The van der Waals surface area contributed by atoms with Crippen molar-refractivity contribution in [2.45, 2.75) is 118 Å². The Morgan fingerprint density at radius 2 is 1.68 bits per heavy atom. The minimum Gasteiger partial charge on any atom is -0.375 e. The summed E-state index contributed by atoms with van der Waals surface area (Å²) in [5.74, 6) is 2.68. The van der Waals surface area contributed by atoms with Crippen molar-refractivity contribution in [1.29, 1.82) is 0 Å². The second-order valence-corrected chi connectivity index (χ2v) is 11.5. The predicted molar refractivity (Wildman–Crippen MR) is 119 cm³/mol. The number of fused-ring (bicyclic) bond motifs is 5. The maximum absolute atomic E-state index is 6.49. The number of hydrogen-bond acceptors (Lipinski definition) is 1. The van der Waals surface area contributed by atoms with E-state index >= 15 is 0 Å². The third-order valence-corrected chi connectivity index (χ3v) is 9.68. The monoisotopic (exact) mass is 384 g/mol. The molecule has 1 aliphatic heterocycles. The lowest BCUT2D eigenvalue weighted by Crippen LogP contribution is -2.57. The van der Waals surface area contributed by atoms with Crippen LogP contribution in [0.1, 0.15) is 106 Å². The maximum Gasteiger partial charge on any atom is 0.0635 e. The number of allylic oxidation sites excluding steroid dienone is 4. The van der Waals surface area contributed by atoms with Crippen molar-refractivity contribution in [3.8, 4) is 0 Å². The number of ether oxygens (including phenoxy) is 1. The first kappa shape index (κ1) is 20.7. The molecule has 4 fully saturated rings. The van der Waals surface area contributed by atoms with Gasteiger partial charge in [-0.2, -0.15) is 0 Å². The molecule has 1 heterocycles. The molecule has 0 amide bonds. The van der Waals surface area contributed by atoms with E-state index in [-0.39, 0.29) is 0 Å². The van der Waals surface area contributed by atoms with Crippen molar-refractivity contribution in [3.63, 3.8) is 0 Å². The van der Waals surface area contributed by atoms with Gasteiger partial charge in [-0.1, -0.05) is 36.6 Å². The van der Waals surface area contributed by atoms with Crippen LogP contribution in [0.2, 0.25) is 0 Å². The minimum atomic E-state index is 0.439. The molecule has 3 aliphatic carbocycles. The van der Waals surface area contributed by atoms with Crippen LogP contribution in [-0.4, -0.2) is 12.2 Å². The molecule has 0 bridgehead atoms. The summed E-state index contributed by atoms with van der Waals surface area (Å²) in [6.45, 7) is 14.5. The molecule has 0 N–H and O–H groups in total. The Hall–Kier alpha value is -0.560. The highest BCUT2D eigenvalue weighted by Gasteiger charge is 2.60. The Labute approximate surface area is 174 Å². The van der Waals surface area contributed by atoms with Gasteiger partial charge in [0.25, 0.3) is 0 Å². The summed E-state index contributed by atoms with van der Waals surface area (Å²) < 4.78 is 6.49. The fourth-order valence-electron chi connectivity index (χ4n) is 8.01. The zero-order valence-electron chi connectivity index (χ0n) is 19.4. The van der Waals surface area contributed by atoms with Crippen LogP contribution in [0.5, 0.6) is 0 Å². The first-order valence-electron chi connectivity index (χ1n) is 12.2. The molecule has 1 nitrogen and oxygen atoms in total. The summed E-state index contributed by atoms with van der Waals surface area (Å²) in [6.07, 6.45) is 17.0. The third-order valence-electron chi connectivity index (χ3n) is 9.68. The summed E-state index contributed by atoms with van der Waals surface area (Å²) >= 11 is 0. The molecule has 7 atom stereocenters. The Morgan fingerprint density at radius 3 is 2.43 bits per heavy atom. The quantitative estimate of drug-likeness (QED) is 0.450. The van der Waals surface area contributed by atoms with E-state index in [1.165, 1.54) is 69.8 Å². The van der Waals surface area contributed by atoms with E-state index in [2.05, 4.69) is 47.6 Å². The Kier molecular flexibility index (Phi) is 5.62. The van der Waals surface area contributed by atoms with Gasteiger partial charge in [0, 0.05) is 0 Å². The summed E-state index contributed by atoms with van der Waals surface area (Å²) in [6, 6.07) is 0. The van der Waals surface area contributed by atoms with Crippen molar-refractivity contribution in [1.82, 2.24) is 0 Å². The van der Waals surface area contributed by atoms with Crippen LogP contribution < -0.4 is 0 Å². The molecule has 1 heteroatoms. The van der Waals surface area contributed by atoms with Crippen LogP contribution in [0.15, 0.2) is 22.8 Å². The molecule has 28 heavy (non-hydrogen) atoms. The van der Waals surface area contributed by atoms with E-state index in [9.17, 15) is 0 Å². The van der Waals surface area contributed by atoms with Crippen LogP contribution in [0.3, 0.4) is 0 Å². The molecule has 1 saturated heterocycles. The lowest BCUT2D eigenvalue weighted by atomic mass is 9.46. The smallest absolute Gasteiger partial charge is 0.0635 e. The van der Waals surface area contributed by atoms with Crippen molar-refractivity contribution in [2.24, 2.45) is 28.6 Å². The molecular formula is C27H44O. The molecule has 4 unspecified atom stereocenters. The van der Waals surface area contributed by atoms with E-state index in [0.29, 0.717) is 23.0 Å². The second kappa shape index (κ2) is 7.60. The topological polar surface area (TPSA) is 9.23 Å². The Balaban J connectivity index is 1.55. The molecule has 158 valence electrons. The van der Waals surface area contributed by atoms with Gasteiger partial charge in [0.1, 0.15) is 0 Å². The van der Waals surface area contributed by atoms with Gasteiger partial charge in [-0.25, -0.2) is 0 Å². The lowest BCUT2D eigenvalue weighted by molar-refractivity contribution is -0.197. The minimum absolute atomic E-state index is 0.439. The zero-order chi connectivity index (χ0) is 20.1. The standard InChI is InChI=1S/C27H44O/c1-18(2)8-7-9-19(3)21-15-17-26(5)22(21)10-11-24-23(26)12-13-25-27(24,6)16-14-20(4)28-25/h8,20,22-25H,7,9-17H2,1-6H3/b21-19-/t20?,22?,23?,24-,25?,26+,27-/m1/s1. The van der Waals surface area contributed by atoms with Crippen molar-refractivity contribution in [2.75, 3.05) is 0 Å². The fraction of sp³-hybridized carbons (Fsp3) is 0.852. The molecule has 4 rings (SSSR count). The molecule has 0 radical (unpaired) electrons. The van der Waals surface area contributed by atoms with Gasteiger partial charge in [0.05, 0.1) is 12.2 Å². The summed E-state index contributed by atoms with van der Waals surface area (Å²) in [4.78, 5) is 0. The predicted octanol–water partition coefficient (Wildman–Crippen LogP) is 7.86. The van der Waals surface area contributed by atoms with Crippen LogP contribution >= 0.6 is 0 Å². The van der Waals surface area contributed by atoms with Crippen molar-refractivity contribution in [3.05, 3.63) is 22.8 Å². The first-order chi connectivity index (χ1) is 13.3. The van der Waals surface area contributed by atoms with Gasteiger partial charge in [-0.05, 0) is 120 Å². The summed E-state index contributed by atoms with van der Waals surface area (Å²) in [7, 11) is 0. The first-order valence-corrected chi connectivity index (χ1v) is 12.2. The molecule has 3 saturated carbocycles. The number of hydrogen-bond donors (Lipinski definition) is 0. The maximum atomic E-state index is 6.49. The Morgan fingerprint density at radius 1 is 0.964 bits per heavy atom. The molecule has 0 aromatic rings. The molecule has 0 aromatic carbocycles. The second-order valence-electron chi connectivity index (χ2n) is 11.5. The van der Waals surface area contributed by atoms with Gasteiger partial charge in [-0.3, -0.25) is 0 Å². The highest BCUT2D eigenvalue weighted by Crippen LogP contribution is 2.67. The van der Waals surface area contributed by atoms with Gasteiger partial charge in [0.15, 0.2) is 0 Å². The van der Waals surface area contributed by atoms with E-state index in [0.717, 1.165) is 17.8 Å². The highest BCUT2D eigenvalue weighted by molar-refractivity contribution is 5.26. The SMILES string of the molecule is CC(C)=CCC/C(C)=C1/CC[C@@]2(C)C1CC[C@@H]1C2CCC2OC(C)CC[C@@]21C. The molecule has 0 spiro atoms. The average molecular weight is 385 g/mol. The summed E-state index contributed by atoms with van der Waals surface area (Å²) in [5.41, 5.74) is 6.04. The zero-order valence-corrected chi connectivity index (χ0v) is 19.4. The van der Waals surface area contributed by atoms with Gasteiger partial charge in [0.2, 0.25) is 0 Å². The van der Waals surface area contributed by atoms with Crippen LogP contribution in [0.25, 0.3) is 0 Å². The fourth-order valence-corrected chi connectivity index (χ4v) is 8.01. The van der Waals surface area contributed by atoms with Gasteiger partial charge >= 0.3 is 0 Å². The molecule has 0 aromatic heterocycles. The average Bonchev–Trinajstić information content (AvgIpc) is 2.99. The molecule has 4 aliphatic rings. The van der Waals surface area contributed by atoms with E-state index in [1.807, 2.05) is 5.57 Å². The van der Waals surface area contributed by atoms with Crippen molar-refractivity contribution < 1.29 is 4.74 Å². The highest BCUT2D eigenvalue weighted by atomic mass is 16.5. The Bertz CT molecular complexity index is 653. The van der Waals surface area contributed by atoms with Crippen LogP contribution in [0.4, 0.5) is 0 Å². The molecular weight excluding hydrogens is 340 g/mol. The third kappa shape index (κ3) is 3.34. The van der Waals surface area contributed by atoms with Crippen LogP contribution in [0, 0.1) is 28.6 Å². The van der Waals surface area contributed by atoms with Crippen molar-refractivity contribution >= 4 is 0 Å². The van der Waals surface area contributed by atoms with E-state index in [1.54, 1.807) is 5.57 Å². The van der Waals surface area contributed by atoms with Crippen LogP contribution in [-0.2, 0) is 4.74 Å². The van der Waals surface area contributed by atoms with Gasteiger partial charge < -0.3 is 4.74 Å². The lowest BCUT2D eigenvalue weighted by Gasteiger charge is -2.61. The van der Waals surface area contributed by atoms with E-state index in [4.69, 9.17) is 4.74 Å². The van der Waals surface area contributed by atoms with E-state index < -0.39 is 0 Å². The largest absolute Gasteiger partial charge is 0.375 e. The normalized spacial score (nSPS) is 47.0. The summed E-state index contributed by atoms with van der Waals surface area (Å²) in [5, 5.41) is 0.